The summed E-state index contributed by atoms with van der Waals surface area (Å²) >= 11 is 0. The molecule has 0 aromatic rings. The molecule has 5 heteroatoms. The topological polar surface area (TPSA) is 69.7 Å². The number of Topliss-reactive ketones (excluding diaryl/α,β-unsaturated/α-hetero) is 1. The molecule has 0 radical (unpaired) electrons. The summed E-state index contributed by atoms with van der Waals surface area (Å²) in [5.74, 6) is -1.28. The first kappa shape index (κ1) is 14.7. The van der Waals surface area contributed by atoms with Crippen LogP contribution in [0.5, 0.6) is 0 Å². The summed E-state index contributed by atoms with van der Waals surface area (Å²) in [6.45, 7) is 3.63. The summed E-state index contributed by atoms with van der Waals surface area (Å²) in [5, 5.41) is 0. The first-order chi connectivity index (χ1) is 8.58. The van der Waals surface area contributed by atoms with Crippen LogP contribution in [0.1, 0.15) is 46.0 Å². The minimum absolute atomic E-state index is 0.162. The number of carbonyl (C=O) groups is 3. The molecule has 1 aliphatic rings. The fourth-order valence-corrected chi connectivity index (χ4v) is 1.58. The van der Waals surface area contributed by atoms with Gasteiger partial charge in [-0.05, 0) is 32.1 Å². The molecule has 18 heavy (non-hydrogen) atoms. The minimum atomic E-state index is -1.38. The zero-order valence-electron chi connectivity index (χ0n) is 10.9. The molecule has 0 aromatic heterocycles. The summed E-state index contributed by atoms with van der Waals surface area (Å²) in [7, 11) is 0. The van der Waals surface area contributed by atoms with Crippen molar-refractivity contribution in [3.05, 3.63) is 0 Å². The summed E-state index contributed by atoms with van der Waals surface area (Å²) in [4.78, 5) is 34.8. The first-order valence-corrected chi connectivity index (χ1v) is 6.47. The second-order valence-corrected chi connectivity index (χ2v) is 4.49. The third-order valence-corrected chi connectivity index (χ3v) is 2.69. The van der Waals surface area contributed by atoms with Gasteiger partial charge in [0.15, 0.2) is 5.78 Å². The lowest BCUT2D eigenvalue weighted by atomic mass is 10.1. The highest BCUT2D eigenvalue weighted by atomic mass is 16.6. The Morgan fingerprint density at radius 3 is 2.39 bits per heavy atom. The predicted octanol–water partition coefficient (Wildman–Crippen LogP) is 1.63. The van der Waals surface area contributed by atoms with Crippen molar-refractivity contribution >= 4 is 17.7 Å². The predicted molar refractivity (Wildman–Crippen MR) is 63.8 cm³/mol. The average molecular weight is 256 g/mol. The van der Waals surface area contributed by atoms with Crippen LogP contribution >= 0.6 is 0 Å². The molecular weight excluding hydrogens is 236 g/mol. The van der Waals surface area contributed by atoms with Crippen molar-refractivity contribution in [2.24, 2.45) is 5.92 Å². The van der Waals surface area contributed by atoms with Crippen molar-refractivity contribution < 1.29 is 23.9 Å². The minimum Gasteiger partial charge on any atom is -0.463 e. The number of rotatable bonds is 8. The van der Waals surface area contributed by atoms with Crippen LogP contribution in [0.15, 0.2) is 0 Å². The molecule has 5 nitrogen and oxygen atoms in total. The standard InChI is InChI=1S/C13H20O5/c1-3-5-10(14)12(13(16)17-4-2)18-11(15)8-9-6-7-9/h9,12H,3-8H2,1-2H3. The number of carbonyl (C=O) groups excluding carboxylic acids is 3. The molecule has 0 N–H and O–H groups in total. The Morgan fingerprint density at radius 2 is 1.89 bits per heavy atom. The fraction of sp³-hybridized carbons (Fsp3) is 0.769. The number of esters is 2. The molecule has 1 rings (SSSR count). The van der Waals surface area contributed by atoms with E-state index in [2.05, 4.69) is 0 Å². The van der Waals surface area contributed by atoms with Gasteiger partial charge in [0, 0.05) is 12.8 Å². The number of hydrogen-bond donors (Lipinski definition) is 0. The Hall–Kier alpha value is -1.39. The van der Waals surface area contributed by atoms with E-state index in [0.29, 0.717) is 12.3 Å². The summed E-state index contributed by atoms with van der Waals surface area (Å²) < 4.78 is 9.72. The van der Waals surface area contributed by atoms with E-state index in [-0.39, 0.29) is 25.2 Å². The Bertz CT molecular complexity index is 301. The van der Waals surface area contributed by atoms with Crippen LogP contribution in [0.2, 0.25) is 0 Å². The van der Waals surface area contributed by atoms with E-state index in [0.717, 1.165) is 12.8 Å². The summed E-state index contributed by atoms with van der Waals surface area (Å²) in [6.07, 6.45) is 1.75. The molecule has 0 bridgehead atoms. The second-order valence-electron chi connectivity index (χ2n) is 4.49. The van der Waals surface area contributed by atoms with Crippen LogP contribution in [0.4, 0.5) is 0 Å². The summed E-state index contributed by atoms with van der Waals surface area (Å²) in [5.41, 5.74) is 0. The zero-order valence-corrected chi connectivity index (χ0v) is 10.9. The maximum atomic E-state index is 11.7. The van der Waals surface area contributed by atoms with E-state index < -0.39 is 18.0 Å². The van der Waals surface area contributed by atoms with Crippen LogP contribution in [-0.4, -0.2) is 30.4 Å². The SMILES string of the molecule is CCCC(=O)C(OC(=O)CC1CC1)C(=O)OCC. The van der Waals surface area contributed by atoms with Gasteiger partial charge in [0.25, 0.3) is 6.10 Å². The third kappa shape index (κ3) is 4.85. The molecule has 1 unspecified atom stereocenters. The zero-order chi connectivity index (χ0) is 13.5. The molecule has 1 saturated carbocycles. The first-order valence-electron chi connectivity index (χ1n) is 6.47. The van der Waals surface area contributed by atoms with Gasteiger partial charge in [-0.25, -0.2) is 4.79 Å². The normalized spacial score (nSPS) is 15.9. The molecule has 0 aromatic carbocycles. The maximum Gasteiger partial charge on any atom is 0.355 e. The molecule has 0 amide bonds. The highest BCUT2D eigenvalue weighted by Gasteiger charge is 2.33. The van der Waals surface area contributed by atoms with Crippen molar-refractivity contribution in [1.29, 1.82) is 0 Å². The van der Waals surface area contributed by atoms with Crippen molar-refractivity contribution in [3.8, 4) is 0 Å². The van der Waals surface area contributed by atoms with E-state index in [9.17, 15) is 14.4 Å². The summed E-state index contributed by atoms with van der Waals surface area (Å²) in [6, 6.07) is 0. The maximum absolute atomic E-state index is 11.7. The molecule has 0 aliphatic heterocycles. The molecule has 1 aliphatic carbocycles. The smallest absolute Gasteiger partial charge is 0.355 e. The fourth-order valence-electron chi connectivity index (χ4n) is 1.58. The van der Waals surface area contributed by atoms with E-state index in [4.69, 9.17) is 9.47 Å². The van der Waals surface area contributed by atoms with Gasteiger partial charge in [-0.15, -0.1) is 0 Å². The Balaban J connectivity index is 2.54. The second kappa shape index (κ2) is 7.13. The van der Waals surface area contributed by atoms with Crippen molar-refractivity contribution in [2.45, 2.75) is 52.1 Å². The van der Waals surface area contributed by atoms with E-state index in [1.165, 1.54) is 0 Å². The molecule has 1 atom stereocenters. The van der Waals surface area contributed by atoms with Crippen LogP contribution in [0.25, 0.3) is 0 Å². The van der Waals surface area contributed by atoms with Crippen LogP contribution in [-0.2, 0) is 23.9 Å². The largest absolute Gasteiger partial charge is 0.463 e. The van der Waals surface area contributed by atoms with Gasteiger partial charge in [0.05, 0.1) is 6.61 Å². The third-order valence-electron chi connectivity index (χ3n) is 2.69. The van der Waals surface area contributed by atoms with Gasteiger partial charge in [0.1, 0.15) is 0 Å². The van der Waals surface area contributed by atoms with E-state index in [1.54, 1.807) is 6.92 Å². The highest BCUT2D eigenvalue weighted by Crippen LogP contribution is 2.32. The molecule has 102 valence electrons. The molecule has 0 saturated heterocycles. The van der Waals surface area contributed by atoms with Gasteiger partial charge in [-0.3, -0.25) is 9.59 Å². The number of ether oxygens (including phenoxy) is 2. The number of hydrogen-bond acceptors (Lipinski definition) is 5. The Labute approximate surface area is 107 Å². The van der Waals surface area contributed by atoms with Crippen molar-refractivity contribution in [2.75, 3.05) is 6.61 Å². The van der Waals surface area contributed by atoms with Gasteiger partial charge in [-0.2, -0.15) is 0 Å². The lowest BCUT2D eigenvalue weighted by molar-refractivity contribution is -0.171. The van der Waals surface area contributed by atoms with Gasteiger partial charge < -0.3 is 9.47 Å². The quantitative estimate of drug-likeness (QED) is 0.487. The van der Waals surface area contributed by atoms with Gasteiger partial charge in [-0.1, -0.05) is 6.92 Å². The van der Waals surface area contributed by atoms with E-state index in [1.807, 2.05) is 6.92 Å². The average Bonchev–Trinajstić information content (AvgIpc) is 3.10. The van der Waals surface area contributed by atoms with Crippen LogP contribution in [0, 0.1) is 5.92 Å². The molecular formula is C13H20O5. The van der Waals surface area contributed by atoms with Crippen molar-refractivity contribution in [1.82, 2.24) is 0 Å². The Morgan fingerprint density at radius 1 is 1.22 bits per heavy atom. The highest BCUT2D eigenvalue weighted by molar-refractivity contribution is 6.03. The molecule has 0 spiro atoms. The van der Waals surface area contributed by atoms with Crippen LogP contribution in [0.3, 0.4) is 0 Å². The van der Waals surface area contributed by atoms with Crippen molar-refractivity contribution in [3.63, 3.8) is 0 Å². The molecule has 0 heterocycles. The molecule has 1 fully saturated rings. The lowest BCUT2D eigenvalue weighted by Crippen LogP contribution is -2.36. The van der Waals surface area contributed by atoms with Crippen LogP contribution < -0.4 is 0 Å². The van der Waals surface area contributed by atoms with E-state index >= 15 is 0 Å². The monoisotopic (exact) mass is 256 g/mol. The lowest BCUT2D eigenvalue weighted by Gasteiger charge is -2.15. The Kier molecular flexibility index (Phi) is 5.82. The number of ketones is 1. The van der Waals surface area contributed by atoms with Gasteiger partial charge in [0.2, 0.25) is 0 Å². The van der Waals surface area contributed by atoms with Gasteiger partial charge >= 0.3 is 11.9 Å².